The summed E-state index contributed by atoms with van der Waals surface area (Å²) in [5.41, 5.74) is 7.03. The van der Waals surface area contributed by atoms with Crippen molar-refractivity contribution in [2.45, 2.75) is 32.7 Å². The number of amides is 1. The zero-order valence-corrected chi connectivity index (χ0v) is 14.2. The second-order valence-corrected chi connectivity index (χ2v) is 5.56. The standard InChI is InChI=1S/C16H26N2O2.ClH/c1-12(2)11-14(17)16(19)18(3)10-9-13-7-5-6-8-15(13)20-4;/h5-8,12,14H,9-11,17H2,1-4H3;1H/t14-;/m0./s1. The molecule has 0 spiro atoms. The van der Waals surface area contributed by atoms with Crippen molar-refractivity contribution < 1.29 is 9.53 Å². The van der Waals surface area contributed by atoms with E-state index in [4.69, 9.17) is 10.5 Å². The first-order valence-corrected chi connectivity index (χ1v) is 7.08. The first kappa shape index (κ1) is 19.7. The molecule has 1 aromatic rings. The van der Waals surface area contributed by atoms with Crippen LogP contribution >= 0.6 is 12.4 Å². The lowest BCUT2D eigenvalue weighted by atomic mass is 10.0. The molecule has 1 amide bonds. The summed E-state index contributed by atoms with van der Waals surface area (Å²) in [5.74, 6) is 1.30. The van der Waals surface area contributed by atoms with Gasteiger partial charge in [-0.1, -0.05) is 32.0 Å². The van der Waals surface area contributed by atoms with Crippen LogP contribution in [0.5, 0.6) is 5.75 Å². The van der Waals surface area contributed by atoms with E-state index in [0.717, 1.165) is 24.2 Å². The van der Waals surface area contributed by atoms with Gasteiger partial charge in [-0.2, -0.15) is 0 Å². The summed E-state index contributed by atoms with van der Waals surface area (Å²) in [7, 11) is 3.46. The number of benzene rings is 1. The molecular weight excluding hydrogens is 288 g/mol. The van der Waals surface area contributed by atoms with E-state index < -0.39 is 6.04 Å². The summed E-state index contributed by atoms with van der Waals surface area (Å²) in [4.78, 5) is 13.8. The Morgan fingerprint density at radius 1 is 1.33 bits per heavy atom. The molecule has 5 heteroatoms. The van der Waals surface area contributed by atoms with Crippen LogP contribution in [0.2, 0.25) is 0 Å². The van der Waals surface area contributed by atoms with Gasteiger partial charge in [0.15, 0.2) is 0 Å². The van der Waals surface area contributed by atoms with Crippen molar-refractivity contribution in [3.05, 3.63) is 29.8 Å². The van der Waals surface area contributed by atoms with Gasteiger partial charge in [0.25, 0.3) is 0 Å². The fraction of sp³-hybridized carbons (Fsp3) is 0.562. The minimum absolute atomic E-state index is 0. The predicted octanol–water partition coefficient (Wildman–Crippen LogP) is 2.49. The predicted molar refractivity (Wildman–Crippen MR) is 89.0 cm³/mol. The van der Waals surface area contributed by atoms with Gasteiger partial charge in [-0.3, -0.25) is 4.79 Å². The molecule has 0 aliphatic rings. The lowest BCUT2D eigenvalue weighted by Gasteiger charge is -2.22. The molecule has 120 valence electrons. The maximum absolute atomic E-state index is 12.1. The number of halogens is 1. The van der Waals surface area contributed by atoms with Crippen LogP contribution in [0.15, 0.2) is 24.3 Å². The number of ether oxygens (including phenoxy) is 1. The van der Waals surface area contributed by atoms with Crippen LogP contribution < -0.4 is 10.5 Å². The van der Waals surface area contributed by atoms with Crippen LogP contribution in [0.1, 0.15) is 25.8 Å². The van der Waals surface area contributed by atoms with Crippen LogP contribution in [0.4, 0.5) is 0 Å². The molecule has 0 saturated heterocycles. The minimum atomic E-state index is -0.405. The van der Waals surface area contributed by atoms with Gasteiger partial charge in [0.1, 0.15) is 5.75 Å². The average molecular weight is 315 g/mol. The maximum atomic E-state index is 12.1. The van der Waals surface area contributed by atoms with Gasteiger partial charge in [0.05, 0.1) is 13.2 Å². The number of carbonyl (C=O) groups excluding carboxylic acids is 1. The number of hydrogen-bond donors (Lipinski definition) is 1. The molecule has 0 radical (unpaired) electrons. The van der Waals surface area contributed by atoms with Crippen molar-refractivity contribution in [2.24, 2.45) is 11.7 Å². The quantitative estimate of drug-likeness (QED) is 0.841. The van der Waals surface area contributed by atoms with Gasteiger partial charge in [0.2, 0.25) is 5.91 Å². The fourth-order valence-corrected chi connectivity index (χ4v) is 2.20. The van der Waals surface area contributed by atoms with E-state index >= 15 is 0 Å². The Hall–Kier alpha value is -1.26. The van der Waals surface area contributed by atoms with Crippen molar-refractivity contribution in [1.82, 2.24) is 4.90 Å². The van der Waals surface area contributed by atoms with Crippen molar-refractivity contribution in [3.8, 4) is 5.75 Å². The van der Waals surface area contributed by atoms with Gasteiger partial charge in [0, 0.05) is 13.6 Å². The van der Waals surface area contributed by atoms with Gasteiger partial charge in [-0.05, 0) is 30.4 Å². The Kier molecular flexibility index (Phi) is 9.06. The van der Waals surface area contributed by atoms with Crippen LogP contribution in [0, 0.1) is 5.92 Å². The smallest absolute Gasteiger partial charge is 0.239 e. The summed E-state index contributed by atoms with van der Waals surface area (Å²) >= 11 is 0. The summed E-state index contributed by atoms with van der Waals surface area (Å²) in [6.45, 7) is 4.79. The lowest BCUT2D eigenvalue weighted by Crippen LogP contribution is -2.43. The number of likely N-dealkylation sites (N-methyl/N-ethyl adjacent to an activating group) is 1. The number of hydrogen-bond acceptors (Lipinski definition) is 3. The molecule has 0 fully saturated rings. The SMILES string of the molecule is COc1ccccc1CCN(C)C(=O)[C@@H](N)CC(C)C.Cl. The van der Waals surface area contributed by atoms with Gasteiger partial charge in [-0.15, -0.1) is 12.4 Å². The van der Waals surface area contributed by atoms with Crippen molar-refractivity contribution >= 4 is 18.3 Å². The van der Waals surface area contributed by atoms with Crippen LogP contribution in [-0.2, 0) is 11.2 Å². The van der Waals surface area contributed by atoms with Gasteiger partial charge >= 0.3 is 0 Å². The second-order valence-electron chi connectivity index (χ2n) is 5.56. The van der Waals surface area contributed by atoms with Crippen molar-refractivity contribution in [2.75, 3.05) is 20.7 Å². The molecule has 0 heterocycles. The zero-order chi connectivity index (χ0) is 15.1. The second kappa shape index (κ2) is 9.64. The Bertz CT molecular complexity index is 438. The molecule has 0 bridgehead atoms. The highest BCUT2D eigenvalue weighted by Crippen LogP contribution is 2.18. The average Bonchev–Trinajstić information content (AvgIpc) is 2.43. The highest BCUT2D eigenvalue weighted by atomic mass is 35.5. The molecular formula is C16H27ClN2O2. The third kappa shape index (κ3) is 6.36. The van der Waals surface area contributed by atoms with Crippen molar-refractivity contribution in [3.63, 3.8) is 0 Å². The summed E-state index contributed by atoms with van der Waals surface area (Å²) in [6.07, 6.45) is 1.48. The molecule has 1 aromatic carbocycles. The highest BCUT2D eigenvalue weighted by Gasteiger charge is 2.19. The van der Waals surface area contributed by atoms with E-state index in [-0.39, 0.29) is 18.3 Å². The summed E-state index contributed by atoms with van der Waals surface area (Å²) in [6, 6.07) is 7.46. The van der Waals surface area contributed by atoms with Gasteiger partial charge < -0.3 is 15.4 Å². The van der Waals surface area contributed by atoms with E-state index in [2.05, 4.69) is 13.8 Å². The molecule has 0 unspecified atom stereocenters. The van der Waals surface area contributed by atoms with E-state index in [9.17, 15) is 4.79 Å². The van der Waals surface area contributed by atoms with E-state index in [1.54, 1.807) is 19.1 Å². The number of methoxy groups -OCH3 is 1. The molecule has 1 rings (SSSR count). The van der Waals surface area contributed by atoms with Crippen LogP contribution in [0.25, 0.3) is 0 Å². The Labute approximate surface area is 134 Å². The number of para-hydroxylation sites is 1. The van der Waals surface area contributed by atoms with E-state index in [1.165, 1.54) is 0 Å². The first-order valence-electron chi connectivity index (χ1n) is 7.08. The lowest BCUT2D eigenvalue weighted by molar-refractivity contribution is -0.131. The largest absolute Gasteiger partial charge is 0.496 e. The first-order chi connectivity index (χ1) is 9.45. The van der Waals surface area contributed by atoms with Crippen LogP contribution in [-0.4, -0.2) is 37.6 Å². The minimum Gasteiger partial charge on any atom is -0.496 e. The number of nitrogens with zero attached hydrogens (tertiary/aromatic N) is 1. The molecule has 21 heavy (non-hydrogen) atoms. The molecule has 0 aromatic heterocycles. The normalized spacial score (nSPS) is 11.7. The van der Waals surface area contributed by atoms with Gasteiger partial charge in [-0.25, -0.2) is 0 Å². The molecule has 0 saturated carbocycles. The molecule has 0 aliphatic carbocycles. The Balaban J connectivity index is 0.00000400. The topological polar surface area (TPSA) is 55.6 Å². The van der Waals surface area contributed by atoms with E-state index in [1.807, 2.05) is 24.3 Å². The number of rotatable bonds is 7. The third-order valence-corrected chi connectivity index (χ3v) is 3.33. The summed E-state index contributed by atoms with van der Waals surface area (Å²) in [5, 5.41) is 0. The van der Waals surface area contributed by atoms with Crippen molar-refractivity contribution in [1.29, 1.82) is 0 Å². The molecule has 4 nitrogen and oxygen atoms in total. The van der Waals surface area contributed by atoms with Crippen LogP contribution in [0.3, 0.4) is 0 Å². The molecule has 2 N–H and O–H groups in total. The third-order valence-electron chi connectivity index (χ3n) is 3.33. The Morgan fingerprint density at radius 2 is 1.95 bits per heavy atom. The Morgan fingerprint density at radius 3 is 2.52 bits per heavy atom. The number of nitrogens with two attached hydrogens (primary N) is 1. The molecule has 1 atom stereocenters. The number of carbonyl (C=O) groups is 1. The van der Waals surface area contributed by atoms with E-state index in [0.29, 0.717) is 12.5 Å². The monoisotopic (exact) mass is 314 g/mol. The highest BCUT2D eigenvalue weighted by molar-refractivity contribution is 5.85. The fourth-order valence-electron chi connectivity index (χ4n) is 2.20. The maximum Gasteiger partial charge on any atom is 0.239 e. The zero-order valence-electron chi connectivity index (χ0n) is 13.3. The molecule has 0 aliphatic heterocycles. The summed E-state index contributed by atoms with van der Waals surface area (Å²) < 4.78 is 5.31.